The number of hydrogen-bond donors (Lipinski definition) is 2. The van der Waals surface area contributed by atoms with Gasteiger partial charge in [-0.05, 0) is 5.56 Å². The van der Waals surface area contributed by atoms with Gasteiger partial charge in [-0.3, -0.25) is 5.32 Å². The van der Waals surface area contributed by atoms with E-state index < -0.39 is 12.1 Å². The van der Waals surface area contributed by atoms with Gasteiger partial charge in [-0.15, -0.1) is 5.10 Å². The molecule has 0 aliphatic rings. The van der Waals surface area contributed by atoms with E-state index in [2.05, 4.69) is 14.9 Å². The average Bonchev–Trinajstić information content (AvgIpc) is 2.86. The van der Waals surface area contributed by atoms with Crippen molar-refractivity contribution in [3.05, 3.63) is 41.6 Å². The molecule has 0 bridgehead atoms. The number of carbonyl (C=O) groups excluding carboxylic acids is 1. The van der Waals surface area contributed by atoms with Crippen molar-refractivity contribution in [3.63, 3.8) is 0 Å². The molecule has 0 aliphatic heterocycles. The minimum Gasteiger partial charge on any atom is -0.476 e. The van der Waals surface area contributed by atoms with Crippen LogP contribution in [0.5, 0.6) is 0 Å². The fourth-order valence-corrected chi connectivity index (χ4v) is 1.81. The van der Waals surface area contributed by atoms with Gasteiger partial charge in [0.15, 0.2) is 5.00 Å². The highest BCUT2D eigenvalue weighted by molar-refractivity contribution is 7.10. The molecule has 0 atom stereocenters. The number of rotatable bonds is 4. The Morgan fingerprint density at radius 3 is 2.74 bits per heavy atom. The molecule has 1 aromatic carbocycles. The molecule has 0 fully saturated rings. The Hall–Kier alpha value is -2.48. The number of aromatic nitrogens is 2. The maximum Gasteiger partial charge on any atom is 0.412 e. The molecule has 2 rings (SSSR count). The number of nitrogens with zero attached hydrogens (tertiary/aromatic N) is 2. The summed E-state index contributed by atoms with van der Waals surface area (Å²) in [6.45, 7) is 0.0985. The number of carboxylic acids is 1. The van der Waals surface area contributed by atoms with E-state index in [9.17, 15) is 9.59 Å². The van der Waals surface area contributed by atoms with Gasteiger partial charge >= 0.3 is 12.1 Å². The number of hydrogen-bond acceptors (Lipinski definition) is 6. The summed E-state index contributed by atoms with van der Waals surface area (Å²) >= 11 is 0.774. The van der Waals surface area contributed by atoms with E-state index in [1.807, 2.05) is 30.3 Å². The Labute approximate surface area is 112 Å². The Balaban J connectivity index is 1.91. The molecular weight excluding hydrogens is 270 g/mol. The van der Waals surface area contributed by atoms with Crippen LogP contribution < -0.4 is 5.32 Å². The van der Waals surface area contributed by atoms with Crippen LogP contribution in [-0.2, 0) is 11.3 Å². The second-order valence-corrected chi connectivity index (χ2v) is 4.20. The van der Waals surface area contributed by atoms with Gasteiger partial charge in [0, 0.05) is 11.5 Å². The summed E-state index contributed by atoms with van der Waals surface area (Å²) in [7, 11) is 0. The Kier molecular flexibility index (Phi) is 4.04. The van der Waals surface area contributed by atoms with Gasteiger partial charge in [0.05, 0.1) is 0 Å². The monoisotopic (exact) mass is 279 g/mol. The van der Waals surface area contributed by atoms with Crippen LogP contribution in [-0.4, -0.2) is 26.8 Å². The van der Waals surface area contributed by atoms with Crippen LogP contribution in [0, 0.1) is 0 Å². The van der Waals surface area contributed by atoms with Crippen LogP contribution in [0.2, 0.25) is 0 Å². The third-order valence-corrected chi connectivity index (χ3v) is 2.76. The molecule has 2 N–H and O–H groups in total. The van der Waals surface area contributed by atoms with Crippen molar-refractivity contribution in [2.75, 3.05) is 5.32 Å². The van der Waals surface area contributed by atoms with E-state index in [1.54, 1.807) is 0 Å². The third kappa shape index (κ3) is 3.49. The van der Waals surface area contributed by atoms with Crippen molar-refractivity contribution in [1.82, 2.24) is 9.59 Å². The van der Waals surface area contributed by atoms with E-state index in [-0.39, 0.29) is 17.3 Å². The highest BCUT2D eigenvalue weighted by Gasteiger charge is 2.17. The molecule has 1 heterocycles. The zero-order chi connectivity index (χ0) is 13.7. The van der Waals surface area contributed by atoms with Gasteiger partial charge in [-0.2, -0.15) is 0 Å². The largest absolute Gasteiger partial charge is 0.476 e. The molecule has 0 radical (unpaired) electrons. The van der Waals surface area contributed by atoms with Crippen molar-refractivity contribution >= 4 is 28.6 Å². The van der Waals surface area contributed by atoms with Gasteiger partial charge in [-0.1, -0.05) is 34.8 Å². The minimum absolute atomic E-state index is 0.0468. The molecule has 1 aromatic heterocycles. The number of carbonyl (C=O) groups is 2. The summed E-state index contributed by atoms with van der Waals surface area (Å²) in [6.07, 6.45) is -0.752. The van der Waals surface area contributed by atoms with E-state index in [4.69, 9.17) is 9.84 Å². The predicted octanol–water partition coefficient (Wildman–Crippen LogP) is 1.99. The zero-order valence-corrected chi connectivity index (χ0v) is 10.4. The molecule has 0 aliphatic carbocycles. The van der Waals surface area contributed by atoms with Gasteiger partial charge in [0.1, 0.15) is 6.61 Å². The molecule has 7 nitrogen and oxygen atoms in total. The highest BCUT2D eigenvalue weighted by atomic mass is 32.1. The molecule has 0 unspecified atom stereocenters. The second kappa shape index (κ2) is 5.91. The van der Waals surface area contributed by atoms with Crippen LogP contribution in [0.1, 0.15) is 16.1 Å². The van der Waals surface area contributed by atoms with Crippen molar-refractivity contribution < 1.29 is 19.4 Å². The van der Waals surface area contributed by atoms with E-state index in [0.717, 1.165) is 17.1 Å². The summed E-state index contributed by atoms with van der Waals surface area (Å²) in [4.78, 5) is 22.2. The summed E-state index contributed by atoms with van der Waals surface area (Å²) in [5, 5.41) is 14.5. The van der Waals surface area contributed by atoms with Crippen molar-refractivity contribution in [3.8, 4) is 0 Å². The average molecular weight is 279 g/mol. The number of benzene rings is 1. The lowest BCUT2D eigenvalue weighted by molar-refractivity contribution is 0.0691. The summed E-state index contributed by atoms with van der Waals surface area (Å²) in [5.41, 5.74) is 0.528. The molecule has 0 spiro atoms. The molecular formula is C11H9N3O4S. The quantitative estimate of drug-likeness (QED) is 0.887. The second-order valence-electron chi connectivity index (χ2n) is 3.44. The molecule has 8 heteroatoms. The molecule has 19 heavy (non-hydrogen) atoms. The Bertz CT molecular complexity index is 585. The number of aromatic carboxylic acids is 1. The van der Waals surface area contributed by atoms with Crippen molar-refractivity contribution in [1.29, 1.82) is 0 Å². The van der Waals surface area contributed by atoms with Crippen LogP contribution in [0.15, 0.2) is 30.3 Å². The van der Waals surface area contributed by atoms with Gasteiger partial charge in [0.2, 0.25) is 5.69 Å². The third-order valence-electron chi connectivity index (χ3n) is 2.12. The lowest BCUT2D eigenvalue weighted by atomic mass is 10.2. The van der Waals surface area contributed by atoms with Crippen LogP contribution in [0.25, 0.3) is 0 Å². The summed E-state index contributed by atoms with van der Waals surface area (Å²) < 4.78 is 8.40. The van der Waals surface area contributed by atoms with Crippen molar-refractivity contribution in [2.24, 2.45) is 0 Å². The SMILES string of the molecule is O=C(Nc1snnc1C(=O)O)OCc1ccccc1. The normalized spacial score (nSPS) is 9.89. The van der Waals surface area contributed by atoms with E-state index in [1.165, 1.54) is 0 Å². The summed E-state index contributed by atoms with van der Waals surface area (Å²) in [6, 6.07) is 9.12. The molecule has 2 aromatic rings. The molecule has 98 valence electrons. The van der Waals surface area contributed by atoms with Crippen LogP contribution >= 0.6 is 11.5 Å². The molecule has 0 saturated carbocycles. The van der Waals surface area contributed by atoms with E-state index in [0.29, 0.717) is 0 Å². The number of ether oxygens (including phenoxy) is 1. The smallest absolute Gasteiger partial charge is 0.412 e. The van der Waals surface area contributed by atoms with E-state index >= 15 is 0 Å². The number of amides is 1. The summed E-state index contributed by atoms with van der Waals surface area (Å²) in [5.74, 6) is -1.26. The van der Waals surface area contributed by atoms with Crippen molar-refractivity contribution in [2.45, 2.75) is 6.61 Å². The fourth-order valence-electron chi connectivity index (χ4n) is 1.26. The first-order valence-electron chi connectivity index (χ1n) is 5.20. The molecule has 0 saturated heterocycles. The van der Waals surface area contributed by atoms with Crippen LogP contribution in [0.4, 0.5) is 9.80 Å². The van der Waals surface area contributed by atoms with Gasteiger partial charge in [0.25, 0.3) is 0 Å². The predicted molar refractivity (Wildman–Crippen MR) is 67.1 cm³/mol. The Morgan fingerprint density at radius 2 is 2.05 bits per heavy atom. The fraction of sp³-hybridized carbons (Fsp3) is 0.0909. The highest BCUT2D eigenvalue weighted by Crippen LogP contribution is 2.17. The Morgan fingerprint density at radius 1 is 1.32 bits per heavy atom. The topological polar surface area (TPSA) is 101 Å². The number of anilines is 1. The van der Waals surface area contributed by atoms with Gasteiger partial charge in [-0.25, -0.2) is 9.59 Å². The van der Waals surface area contributed by atoms with Crippen LogP contribution in [0.3, 0.4) is 0 Å². The maximum absolute atomic E-state index is 11.5. The molecule has 1 amide bonds. The lowest BCUT2D eigenvalue weighted by Crippen LogP contribution is -2.14. The first-order chi connectivity index (χ1) is 9.16. The zero-order valence-electron chi connectivity index (χ0n) is 9.57. The first kappa shape index (κ1) is 13.0. The minimum atomic E-state index is -1.26. The number of carboxylic acid groups (broad SMARTS) is 1. The standard InChI is InChI=1S/C11H9N3O4S/c15-10(16)8-9(19-14-13-8)12-11(17)18-6-7-4-2-1-3-5-7/h1-5H,6H2,(H,12,17)(H,15,16). The lowest BCUT2D eigenvalue weighted by Gasteiger charge is -2.05. The van der Waals surface area contributed by atoms with Gasteiger partial charge < -0.3 is 9.84 Å². The first-order valence-corrected chi connectivity index (χ1v) is 5.97. The number of nitrogens with one attached hydrogen (secondary N) is 1. The maximum atomic E-state index is 11.5.